The van der Waals surface area contributed by atoms with Crippen molar-refractivity contribution in [1.29, 1.82) is 0 Å². The average Bonchev–Trinajstić information content (AvgIpc) is 2.31. The Kier molecular flexibility index (Phi) is 3.42. The van der Waals surface area contributed by atoms with E-state index in [2.05, 4.69) is 10.8 Å². The van der Waals surface area contributed by atoms with Crippen LogP contribution in [0.3, 0.4) is 0 Å². The highest BCUT2D eigenvalue weighted by Gasteiger charge is 2.23. The number of morpholine rings is 1. The summed E-state index contributed by atoms with van der Waals surface area (Å²) < 4.78 is 32.7. The van der Waals surface area contributed by atoms with Crippen LogP contribution in [-0.2, 0) is 14.9 Å². The van der Waals surface area contributed by atoms with Gasteiger partial charge in [0.1, 0.15) is 0 Å². The van der Waals surface area contributed by atoms with Crippen LogP contribution in [0, 0.1) is 6.07 Å². The maximum absolute atomic E-state index is 11.9. The van der Waals surface area contributed by atoms with Gasteiger partial charge in [0, 0.05) is 19.2 Å². The van der Waals surface area contributed by atoms with Crippen molar-refractivity contribution in [3.05, 3.63) is 30.3 Å². The Hall–Kier alpha value is -1.11. The number of para-hydroxylation sites is 1. The van der Waals surface area contributed by atoms with E-state index in [0.29, 0.717) is 32.0 Å². The standard InChI is InChI=1S/C10H13N2O3S/c13-16(14,12-6-8-15-9-7-12)11-10-4-2-1-3-5-10/h1-4,11H,6-9H2. The zero-order chi connectivity index (χ0) is 11.4. The molecule has 5 nitrogen and oxygen atoms in total. The lowest BCUT2D eigenvalue weighted by Gasteiger charge is -2.26. The minimum Gasteiger partial charge on any atom is -0.379 e. The molecule has 87 valence electrons. The van der Waals surface area contributed by atoms with E-state index in [1.807, 2.05) is 0 Å². The summed E-state index contributed by atoms with van der Waals surface area (Å²) in [6.45, 7) is 1.67. The number of nitrogens with one attached hydrogen (secondary N) is 1. The van der Waals surface area contributed by atoms with Crippen LogP contribution in [0.25, 0.3) is 0 Å². The molecule has 0 unspecified atom stereocenters. The Morgan fingerprint density at radius 1 is 1.31 bits per heavy atom. The van der Waals surface area contributed by atoms with E-state index in [1.165, 1.54) is 4.31 Å². The molecule has 0 atom stereocenters. The van der Waals surface area contributed by atoms with E-state index in [4.69, 9.17) is 4.74 Å². The minimum atomic E-state index is -3.46. The van der Waals surface area contributed by atoms with Crippen molar-refractivity contribution in [2.24, 2.45) is 0 Å². The van der Waals surface area contributed by atoms with Gasteiger partial charge in [-0.15, -0.1) is 0 Å². The SMILES string of the molecule is O=S(=O)(Nc1[c]cccc1)N1CCOCC1. The Labute approximate surface area is 95.2 Å². The minimum absolute atomic E-state index is 0.391. The first kappa shape index (κ1) is 11.4. The highest BCUT2D eigenvalue weighted by molar-refractivity contribution is 7.90. The normalized spacial score (nSPS) is 18.2. The van der Waals surface area contributed by atoms with Crippen molar-refractivity contribution in [1.82, 2.24) is 4.31 Å². The monoisotopic (exact) mass is 241 g/mol. The van der Waals surface area contributed by atoms with Crippen molar-refractivity contribution >= 4 is 15.9 Å². The molecular formula is C10H13N2O3S. The summed E-state index contributed by atoms with van der Waals surface area (Å²) in [6.07, 6.45) is 0. The molecule has 16 heavy (non-hydrogen) atoms. The molecule has 1 heterocycles. The topological polar surface area (TPSA) is 58.6 Å². The highest BCUT2D eigenvalue weighted by Crippen LogP contribution is 2.11. The highest BCUT2D eigenvalue weighted by atomic mass is 32.2. The van der Waals surface area contributed by atoms with E-state index in [9.17, 15) is 8.42 Å². The first-order chi connectivity index (χ1) is 7.68. The van der Waals surface area contributed by atoms with Gasteiger partial charge in [-0.2, -0.15) is 12.7 Å². The number of nitrogens with zero attached hydrogens (tertiary/aromatic N) is 1. The van der Waals surface area contributed by atoms with Crippen molar-refractivity contribution < 1.29 is 13.2 Å². The molecule has 0 amide bonds. The van der Waals surface area contributed by atoms with Gasteiger partial charge in [0.25, 0.3) is 0 Å². The first-order valence-corrected chi connectivity index (χ1v) is 6.45. The first-order valence-electron chi connectivity index (χ1n) is 5.01. The summed E-state index contributed by atoms with van der Waals surface area (Å²) in [5, 5.41) is 0. The number of hydrogen-bond donors (Lipinski definition) is 1. The molecule has 1 radical (unpaired) electrons. The average molecular weight is 241 g/mol. The van der Waals surface area contributed by atoms with E-state index in [1.54, 1.807) is 24.3 Å². The molecule has 1 aromatic rings. The van der Waals surface area contributed by atoms with Gasteiger partial charge in [0.2, 0.25) is 0 Å². The van der Waals surface area contributed by atoms with Crippen LogP contribution in [0.5, 0.6) is 0 Å². The van der Waals surface area contributed by atoms with Crippen molar-refractivity contribution in [3.63, 3.8) is 0 Å². The lowest BCUT2D eigenvalue weighted by atomic mass is 10.3. The number of hydrogen-bond acceptors (Lipinski definition) is 3. The largest absolute Gasteiger partial charge is 0.379 e. The quantitative estimate of drug-likeness (QED) is 0.837. The van der Waals surface area contributed by atoms with Gasteiger partial charge in [0.05, 0.1) is 18.9 Å². The predicted octanol–water partition coefficient (Wildman–Crippen LogP) is 0.476. The summed E-state index contributed by atoms with van der Waals surface area (Å²) in [5.41, 5.74) is 0.453. The Bertz CT molecular complexity index is 427. The maximum Gasteiger partial charge on any atom is 0.301 e. The van der Waals surface area contributed by atoms with Gasteiger partial charge in [-0.05, 0) is 6.07 Å². The number of benzene rings is 1. The van der Waals surface area contributed by atoms with Crippen LogP contribution in [0.1, 0.15) is 0 Å². The van der Waals surface area contributed by atoms with Crippen LogP contribution in [0.2, 0.25) is 0 Å². The maximum atomic E-state index is 11.9. The van der Waals surface area contributed by atoms with Crippen molar-refractivity contribution in [2.75, 3.05) is 31.0 Å². The van der Waals surface area contributed by atoms with Gasteiger partial charge < -0.3 is 4.74 Å². The molecule has 0 spiro atoms. The van der Waals surface area contributed by atoms with Crippen LogP contribution < -0.4 is 4.72 Å². The molecule has 1 saturated heterocycles. The van der Waals surface area contributed by atoms with E-state index >= 15 is 0 Å². The smallest absolute Gasteiger partial charge is 0.301 e. The predicted molar refractivity (Wildman–Crippen MR) is 60.2 cm³/mol. The van der Waals surface area contributed by atoms with Crippen LogP contribution in [0.15, 0.2) is 24.3 Å². The lowest BCUT2D eigenvalue weighted by Crippen LogP contribution is -2.43. The Morgan fingerprint density at radius 2 is 2.06 bits per heavy atom. The number of ether oxygens (including phenoxy) is 1. The fourth-order valence-corrected chi connectivity index (χ4v) is 2.61. The third-order valence-corrected chi connectivity index (χ3v) is 3.78. The molecule has 1 N–H and O–H groups in total. The summed E-state index contributed by atoms with van der Waals surface area (Å²) in [7, 11) is -3.46. The lowest BCUT2D eigenvalue weighted by molar-refractivity contribution is 0.0733. The van der Waals surface area contributed by atoms with Crippen molar-refractivity contribution in [2.45, 2.75) is 0 Å². The van der Waals surface area contributed by atoms with Gasteiger partial charge >= 0.3 is 10.2 Å². The molecule has 6 heteroatoms. The molecule has 0 aromatic heterocycles. The van der Waals surface area contributed by atoms with E-state index < -0.39 is 10.2 Å². The number of anilines is 1. The molecule has 1 aliphatic rings. The summed E-state index contributed by atoms with van der Waals surface area (Å²) in [4.78, 5) is 0. The zero-order valence-corrected chi connectivity index (χ0v) is 9.53. The fourth-order valence-electron chi connectivity index (χ4n) is 1.45. The van der Waals surface area contributed by atoms with Crippen LogP contribution in [0.4, 0.5) is 5.69 Å². The van der Waals surface area contributed by atoms with Gasteiger partial charge in [-0.3, -0.25) is 4.72 Å². The molecular weight excluding hydrogens is 228 g/mol. The van der Waals surface area contributed by atoms with Crippen molar-refractivity contribution in [3.8, 4) is 0 Å². The van der Waals surface area contributed by atoms with Gasteiger partial charge in [-0.25, -0.2) is 0 Å². The summed E-state index contributed by atoms with van der Waals surface area (Å²) >= 11 is 0. The van der Waals surface area contributed by atoms with E-state index in [-0.39, 0.29) is 0 Å². The molecule has 0 bridgehead atoms. The van der Waals surface area contributed by atoms with Crippen LogP contribution in [-0.4, -0.2) is 39.0 Å². The molecule has 1 fully saturated rings. The number of rotatable bonds is 3. The molecule has 2 rings (SSSR count). The molecule has 1 aromatic carbocycles. The molecule has 0 saturated carbocycles. The van der Waals surface area contributed by atoms with Crippen LogP contribution >= 0.6 is 0 Å². The Morgan fingerprint density at radius 3 is 2.69 bits per heavy atom. The van der Waals surface area contributed by atoms with Gasteiger partial charge in [0.15, 0.2) is 0 Å². The molecule has 1 aliphatic heterocycles. The second kappa shape index (κ2) is 4.82. The van der Waals surface area contributed by atoms with E-state index in [0.717, 1.165) is 0 Å². The Balaban J connectivity index is 2.08. The third-order valence-electron chi connectivity index (χ3n) is 2.26. The summed E-state index contributed by atoms with van der Waals surface area (Å²) in [5.74, 6) is 0. The third kappa shape index (κ3) is 2.72. The second-order valence-electron chi connectivity index (χ2n) is 3.39. The summed E-state index contributed by atoms with van der Waals surface area (Å²) in [6, 6.07) is 9.69. The fraction of sp³-hybridized carbons (Fsp3) is 0.400. The zero-order valence-electron chi connectivity index (χ0n) is 8.72. The van der Waals surface area contributed by atoms with Gasteiger partial charge in [-0.1, -0.05) is 18.2 Å². The molecule has 0 aliphatic carbocycles. The second-order valence-corrected chi connectivity index (χ2v) is 5.07.